The predicted octanol–water partition coefficient (Wildman–Crippen LogP) is 3.90. The van der Waals surface area contributed by atoms with E-state index in [1.54, 1.807) is 7.11 Å². The summed E-state index contributed by atoms with van der Waals surface area (Å²) in [5, 5.41) is 7.36. The maximum Gasteiger partial charge on any atom is 0.191 e. The van der Waals surface area contributed by atoms with E-state index in [2.05, 4.69) is 22.5 Å². The van der Waals surface area contributed by atoms with Gasteiger partial charge in [-0.05, 0) is 56.2 Å². The summed E-state index contributed by atoms with van der Waals surface area (Å²) in [5.74, 6) is 2.26. The number of rotatable bonds is 11. The molecule has 1 saturated heterocycles. The van der Waals surface area contributed by atoms with Crippen LogP contribution in [-0.4, -0.2) is 59.1 Å². The van der Waals surface area contributed by atoms with Gasteiger partial charge in [-0.25, -0.2) is 0 Å². The Kier molecular flexibility index (Phi) is 14.5. The van der Waals surface area contributed by atoms with Crippen molar-refractivity contribution in [2.45, 2.75) is 32.6 Å². The molecular weight excluding hydrogens is 505 g/mol. The van der Waals surface area contributed by atoms with E-state index in [0.717, 1.165) is 94.0 Å². The van der Waals surface area contributed by atoms with Gasteiger partial charge >= 0.3 is 0 Å². The second-order valence-corrected chi connectivity index (χ2v) is 7.29. The third kappa shape index (κ3) is 10.7. The molecule has 1 fully saturated rings. The molecule has 0 bridgehead atoms. The smallest absolute Gasteiger partial charge is 0.191 e. The van der Waals surface area contributed by atoms with Crippen LogP contribution < -0.4 is 15.4 Å². The van der Waals surface area contributed by atoms with Crippen LogP contribution in [-0.2, 0) is 15.9 Å². The molecule has 8 heteroatoms. The number of aliphatic imine (C=N–C) groups is 1. The first-order valence-corrected chi connectivity index (χ1v) is 10.6. The van der Waals surface area contributed by atoms with Gasteiger partial charge in [0.05, 0.1) is 7.11 Å². The topological polar surface area (TPSA) is 64.1 Å². The van der Waals surface area contributed by atoms with Gasteiger partial charge in [0.15, 0.2) is 5.96 Å². The van der Waals surface area contributed by atoms with Crippen molar-refractivity contribution in [2.24, 2.45) is 10.9 Å². The van der Waals surface area contributed by atoms with Gasteiger partial charge in [-0.15, -0.1) is 24.0 Å². The Morgan fingerprint density at radius 1 is 1.28 bits per heavy atom. The highest BCUT2D eigenvalue weighted by molar-refractivity contribution is 14.0. The average Bonchev–Trinajstić information content (AvgIpc) is 2.72. The Bertz CT molecular complexity index is 599. The van der Waals surface area contributed by atoms with Gasteiger partial charge in [-0.1, -0.05) is 17.7 Å². The van der Waals surface area contributed by atoms with Crippen LogP contribution in [0.5, 0.6) is 5.75 Å². The summed E-state index contributed by atoms with van der Waals surface area (Å²) in [6.07, 6.45) is 3.97. The summed E-state index contributed by atoms with van der Waals surface area (Å²) in [7, 11) is 1.64. The molecule has 1 aliphatic rings. The van der Waals surface area contributed by atoms with Crippen LogP contribution in [0.25, 0.3) is 0 Å². The molecular formula is C21H35ClIN3O3. The van der Waals surface area contributed by atoms with E-state index in [1.165, 1.54) is 0 Å². The zero-order chi connectivity index (χ0) is 20.0. The van der Waals surface area contributed by atoms with Gasteiger partial charge in [0.2, 0.25) is 0 Å². The largest absolute Gasteiger partial charge is 0.497 e. The predicted molar refractivity (Wildman–Crippen MR) is 130 cm³/mol. The molecule has 1 aliphatic heterocycles. The standard InChI is InChI=1S/C21H34ClN3O3.HI/c1-3-23-21(24-10-4-12-28-16-17-8-13-27-14-9-17)25-11-7-18-5-6-19(26-2)15-20(18)22;/h5-6,15,17H,3-4,7-14,16H2,1-2H3,(H2,23,24,25);1H. The normalized spacial score (nSPS) is 14.9. The maximum absolute atomic E-state index is 6.30. The Labute approximate surface area is 197 Å². The monoisotopic (exact) mass is 539 g/mol. The first kappa shape index (κ1) is 26.3. The SMILES string of the molecule is CCNC(=NCCCOCC1CCOCC1)NCCc1ccc(OC)cc1Cl.I. The molecule has 1 aromatic rings. The van der Waals surface area contributed by atoms with E-state index in [0.29, 0.717) is 5.92 Å². The zero-order valence-corrected chi connectivity index (χ0v) is 20.6. The highest BCUT2D eigenvalue weighted by Gasteiger charge is 2.13. The van der Waals surface area contributed by atoms with Crippen molar-refractivity contribution in [3.05, 3.63) is 28.8 Å². The molecule has 0 saturated carbocycles. The highest BCUT2D eigenvalue weighted by atomic mass is 127. The molecule has 0 amide bonds. The molecule has 2 N–H and O–H groups in total. The Hall–Kier alpha value is -0.770. The number of nitrogens with one attached hydrogen (secondary N) is 2. The minimum absolute atomic E-state index is 0. The van der Waals surface area contributed by atoms with E-state index in [-0.39, 0.29) is 24.0 Å². The van der Waals surface area contributed by atoms with Crippen LogP contribution in [0, 0.1) is 5.92 Å². The molecule has 1 heterocycles. The van der Waals surface area contributed by atoms with Crippen molar-refractivity contribution < 1.29 is 14.2 Å². The van der Waals surface area contributed by atoms with Crippen LogP contribution in [0.1, 0.15) is 31.7 Å². The van der Waals surface area contributed by atoms with Crippen LogP contribution in [0.4, 0.5) is 0 Å². The molecule has 6 nitrogen and oxygen atoms in total. The first-order chi connectivity index (χ1) is 13.7. The average molecular weight is 540 g/mol. The van der Waals surface area contributed by atoms with E-state index in [4.69, 9.17) is 25.8 Å². The quantitative estimate of drug-likeness (QED) is 0.193. The van der Waals surface area contributed by atoms with Gasteiger partial charge in [-0.2, -0.15) is 0 Å². The van der Waals surface area contributed by atoms with Crippen LogP contribution in [0.2, 0.25) is 5.02 Å². The van der Waals surface area contributed by atoms with E-state index < -0.39 is 0 Å². The zero-order valence-electron chi connectivity index (χ0n) is 17.5. The lowest BCUT2D eigenvalue weighted by molar-refractivity contribution is 0.0205. The molecule has 2 rings (SSSR count). The van der Waals surface area contributed by atoms with Gasteiger partial charge < -0.3 is 24.8 Å². The van der Waals surface area contributed by atoms with E-state index in [1.807, 2.05) is 18.2 Å². The fraction of sp³-hybridized carbons (Fsp3) is 0.667. The fourth-order valence-corrected chi connectivity index (χ4v) is 3.30. The summed E-state index contributed by atoms with van der Waals surface area (Å²) in [6, 6.07) is 5.78. The van der Waals surface area contributed by atoms with Crippen molar-refractivity contribution >= 4 is 41.5 Å². The van der Waals surface area contributed by atoms with Crippen molar-refractivity contribution in [3.63, 3.8) is 0 Å². The number of hydrogen-bond donors (Lipinski definition) is 2. The summed E-state index contributed by atoms with van der Waals surface area (Å²) in [6.45, 7) is 7.74. The summed E-state index contributed by atoms with van der Waals surface area (Å²) in [5.41, 5.74) is 1.09. The van der Waals surface area contributed by atoms with Gasteiger partial charge in [-0.3, -0.25) is 4.99 Å². The number of benzene rings is 1. The fourth-order valence-electron chi connectivity index (χ4n) is 3.04. The molecule has 0 unspecified atom stereocenters. The van der Waals surface area contributed by atoms with E-state index >= 15 is 0 Å². The molecule has 0 aliphatic carbocycles. The van der Waals surface area contributed by atoms with Gasteiger partial charge in [0.25, 0.3) is 0 Å². The summed E-state index contributed by atoms with van der Waals surface area (Å²) < 4.78 is 16.4. The molecule has 0 spiro atoms. The molecule has 1 aromatic carbocycles. The number of halogens is 2. The molecule has 0 aromatic heterocycles. The highest BCUT2D eigenvalue weighted by Crippen LogP contribution is 2.22. The lowest BCUT2D eigenvalue weighted by Crippen LogP contribution is -2.38. The summed E-state index contributed by atoms with van der Waals surface area (Å²) >= 11 is 6.30. The molecule has 0 atom stereocenters. The molecule has 0 radical (unpaired) electrons. The van der Waals surface area contributed by atoms with Crippen LogP contribution >= 0.6 is 35.6 Å². The third-order valence-electron chi connectivity index (χ3n) is 4.70. The number of guanidine groups is 1. The second-order valence-electron chi connectivity index (χ2n) is 6.88. The number of ether oxygens (including phenoxy) is 3. The van der Waals surface area contributed by atoms with Gasteiger partial charge in [0, 0.05) is 51.1 Å². The third-order valence-corrected chi connectivity index (χ3v) is 5.05. The second kappa shape index (κ2) is 16.0. The van der Waals surface area contributed by atoms with Crippen LogP contribution in [0.3, 0.4) is 0 Å². The lowest BCUT2D eigenvalue weighted by Gasteiger charge is -2.21. The minimum Gasteiger partial charge on any atom is -0.497 e. The minimum atomic E-state index is 0. The van der Waals surface area contributed by atoms with Crippen LogP contribution in [0.15, 0.2) is 23.2 Å². The van der Waals surface area contributed by atoms with Crippen molar-refractivity contribution in [1.29, 1.82) is 0 Å². The number of nitrogens with zero attached hydrogens (tertiary/aromatic N) is 1. The maximum atomic E-state index is 6.30. The Balaban J connectivity index is 0.00000420. The van der Waals surface area contributed by atoms with Crippen molar-refractivity contribution in [2.75, 3.05) is 53.2 Å². The van der Waals surface area contributed by atoms with E-state index in [9.17, 15) is 0 Å². The molecule has 166 valence electrons. The van der Waals surface area contributed by atoms with Crippen molar-refractivity contribution in [1.82, 2.24) is 10.6 Å². The van der Waals surface area contributed by atoms with Crippen molar-refractivity contribution in [3.8, 4) is 5.75 Å². The number of hydrogen-bond acceptors (Lipinski definition) is 4. The summed E-state index contributed by atoms with van der Waals surface area (Å²) in [4.78, 5) is 4.62. The Morgan fingerprint density at radius 2 is 2.07 bits per heavy atom. The van der Waals surface area contributed by atoms with Gasteiger partial charge in [0.1, 0.15) is 5.75 Å². The number of methoxy groups -OCH3 is 1. The molecule has 29 heavy (non-hydrogen) atoms. The lowest BCUT2D eigenvalue weighted by atomic mass is 10.0. The first-order valence-electron chi connectivity index (χ1n) is 10.2. The Morgan fingerprint density at radius 3 is 2.76 bits per heavy atom.